The van der Waals surface area contributed by atoms with Gasteiger partial charge in [-0.05, 0) is 27.2 Å². The number of nitrogens with one attached hydrogen (secondary N) is 1. The van der Waals surface area contributed by atoms with Crippen LogP contribution in [-0.2, 0) is 4.74 Å². The van der Waals surface area contributed by atoms with Gasteiger partial charge in [-0.25, -0.2) is 14.8 Å². The Hall–Kier alpha value is -2.11. The molecule has 0 aliphatic rings. The molecular formula is C14H19N3O3. The number of rotatable bonds is 5. The Morgan fingerprint density at radius 2 is 2.20 bits per heavy atom. The molecule has 0 bridgehead atoms. The molecule has 0 aromatic carbocycles. The van der Waals surface area contributed by atoms with Crippen LogP contribution in [-0.4, -0.2) is 28.6 Å². The van der Waals surface area contributed by atoms with E-state index in [-0.39, 0.29) is 6.04 Å². The van der Waals surface area contributed by atoms with Crippen LogP contribution in [0.4, 0.5) is 5.82 Å². The molecule has 20 heavy (non-hydrogen) atoms. The van der Waals surface area contributed by atoms with Crippen molar-refractivity contribution in [2.24, 2.45) is 0 Å². The molecule has 0 radical (unpaired) electrons. The predicted octanol–water partition coefficient (Wildman–Crippen LogP) is 2.92. The molecule has 0 saturated heterocycles. The van der Waals surface area contributed by atoms with E-state index >= 15 is 0 Å². The summed E-state index contributed by atoms with van der Waals surface area (Å²) in [5, 5.41) is 3.85. The van der Waals surface area contributed by atoms with E-state index in [4.69, 9.17) is 9.15 Å². The van der Waals surface area contributed by atoms with Gasteiger partial charge in [-0.3, -0.25) is 0 Å². The fourth-order valence-electron chi connectivity index (χ4n) is 1.94. The van der Waals surface area contributed by atoms with Gasteiger partial charge in [0.2, 0.25) is 5.71 Å². The van der Waals surface area contributed by atoms with Gasteiger partial charge in [0.15, 0.2) is 0 Å². The molecule has 0 amide bonds. The summed E-state index contributed by atoms with van der Waals surface area (Å²) in [6.45, 7) is 7.92. The van der Waals surface area contributed by atoms with Crippen molar-refractivity contribution in [2.75, 3.05) is 11.9 Å². The summed E-state index contributed by atoms with van der Waals surface area (Å²) in [5.74, 6) is 0.682. The Labute approximate surface area is 117 Å². The highest BCUT2D eigenvalue weighted by atomic mass is 16.5. The zero-order valence-electron chi connectivity index (χ0n) is 12.2. The Kier molecular flexibility index (Phi) is 4.22. The Balaban J connectivity index is 2.56. The molecule has 0 spiro atoms. The van der Waals surface area contributed by atoms with Crippen LogP contribution in [0.25, 0.3) is 11.1 Å². The van der Waals surface area contributed by atoms with Crippen molar-refractivity contribution >= 4 is 22.9 Å². The molecule has 6 nitrogen and oxygen atoms in total. The average molecular weight is 277 g/mol. The maximum absolute atomic E-state index is 12.1. The second kappa shape index (κ2) is 5.90. The SMILES string of the molecule is CCOC(=O)c1c(C)oc2ncnc(N[C@H](C)CC)c12. The third-order valence-electron chi connectivity index (χ3n) is 3.14. The molecular weight excluding hydrogens is 258 g/mol. The lowest BCUT2D eigenvalue weighted by atomic mass is 10.1. The zero-order chi connectivity index (χ0) is 14.7. The lowest BCUT2D eigenvalue weighted by Crippen LogP contribution is -2.15. The number of furan rings is 1. The lowest BCUT2D eigenvalue weighted by molar-refractivity contribution is 0.0526. The summed E-state index contributed by atoms with van der Waals surface area (Å²) < 4.78 is 10.6. The second-order valence-corrected chi connectivity index (χ2v) is 4.61. The van der Waals surface area contributed by atoms with Crippen LogP contribution < -0.4 is 5.32 Å². The molecule has 0 saturated carbocycles. The molecule has 2 rings (SSSR count). The zero-order valence-corrected chi connectivity index (χ0v) is 12.2. The molecule has 0 aliphatic heterocycles. The first kappa shape index (κ1) is 14.3. The van der Waals surface area contributed by atoms with Crippen LogP contribution in [0.5, 0.6) is 0 Å². The van der Waals surface area contributed by atoms with Crippen LogP contribution in [0.2, 0.25) is 0 Å². The van der Waals surface area contributed by atoms with Gasteiger partial charge in [0, 0.05) is 6.04 Å². The summed E-state index contributed by atoms with van der Waals surface area (Å²) >= 11 is 0. The van der Waals surface area contributed by atoms with E-state index in [9.17, 15) is 4.79 Å². The number of nitrogens with zero attached hydrogens (tertiary/aromatic N) is 2. The second-order valence-electron chi connectivity index (χ2n) is 4.61. The summed E-state index contributed by atoms with van der Waals surface area (Å²) in [6.07, 6.45) is 2.36. The fourth-order valence-corrected chi connectivity index (χ4v) is 1.94. The molecule has 0 unspecified atom stereocenters. The van der Waals surface area contributed by atoms with Gasteiger partial charge in [0.05, 0.1) is 12.0 Å². The fraction of sp³-hybridized carbons (Fsp3) is 0.500. The Morgan fingerprint density at radius 3 is 2.85 bits per heavy atom. The number of esters is 1. The topological polar surface area (TPSA) is 77.2 Å². The van der Waals surface area contributed by atoms with Gasteiger partial charge in [0.25, 0.3) is 0 Å². The summed E-state index contributed by atoms with van der Waals surface area (Å²) in [7, 11) is 0. The van der Waals surface area contributed by atoms with Crippen LogP contribution in [0, 0.1) is 6.92 Å². The quantitative estimate of drug-likeness (QED) is 0.847. The molecule has 0 aliphatic carbocycles. The molecule has 1 atom stereocenters. The number of anilines is 1. The standard InChI is InChI=1S/C14H19N3O3/c1-5-8(3)17-12-11-10(14(18)19-6-2)9(4)20-13(11)16-7-15-12/h7-8H,5-6H2,1-4H3,(H,15,16,17)/t8-/m1/s1. The average Bonchev–Trinajstić information content (AvgIpc) is 2.76. The van der Waals surface area contributed by atoms with Crippen molar-refractivity contribution in [3.8, 4) is 0 Å². The van der Waals surface area contributed by atoms with Crippen molar-refractivity contribution in [1.29, 1.82) is 0 Å². The molecule has 1 N–H and O–H groups in total. The lowest BCUT2D eigenvalue weighted by Gasteiger charge is -2.12. The Bertz CT molecular complexity index is 621. The first-order valence-corrected chi connectivity index (χ1v) is 6.76. The highest BCUT2D eigenvalue weighted by Crippen LogP contribution is 2.30. The first-order chi connectivity index (χ1) is 9.58. The largest absolute Gasteiger partial charge is 0.462 e. The normalized spacial score (nSPS) is 12.4. The van der Waals surface area contributed by atoms with Crippen molar-refractivity contribution in [1.82, 2.24) is 9.97 Å². The Morgan fingerprint density at radius 1 is 1.45 bits per heavy atom. The number of carbonyl (C=O) groups excluding carboxylic acids is 1. The maximum Gasteiger partial charge on any atom is 0.342 e. The van der Waals surface area contributed by atoms with E-state index in [1.807, 2.05) is 6.92 Å². The van der Waals surface area contributed by atoms with E-state index in [0.29, 0.717) is 34.8 Å². The molecule has 0 fully saturated rings. The smallest absolute Gasteiger partial charge is 0.342 e. The molecule has 2 aromatic heterocycles. The van der Waals surface area contributed by atoms with Gasteiger partial charge in [-0.1, -0.05) is 6.92 Å². The number of ether oxygens (including phenoxy) is 1. The summed E-state index contributed by atoms with van der Waals surface area (Å²) in [5.41, 5.74) is 0.791. The van der Waals surface area contributed by atoms with Crippen LogP contribution in [0.1, 0.15) is 43.3 Å². The first-order valence-electron chi connectivity index (χ1n) is 6.76. The number of aryl methyl sites for hydroxylation is 1. The highest BCUT2D eigenvalue weighted by molar-refractivity contribution is 6.07. The minimum absolute atomic E-state index is 0.235. The monoisotopic (exact) mass is 277 g/mol. The maximum atomic E-state index is 12.1. The molecule has 2 heterocycles. The van der Waals surface area contributed by atoms with Crippen molar-refractivity contribution < 1.29 is 13.9 Å². The number of hydrogen-bond donors (Lipinski definition) is 1. The molecule has 108 valence electrons. The van der Waals surface area contributed by atoms with Crippen LogP contribution in [0.3, 0.4) is 0 Å². The van der Waals surface area contributed by atoms with Crippen molar-refractivity contribution in [3.63, 3.8) is 0 Å². The highest BCUT2D eigenvalue weighted by Gasteiger charge is 2.23. The van der Waals surface area contributed by atoms with Gasteiger partial charge < -0.3 is 14.5 Å². The third kappa shape index (κ3) is 2.59. The number of fused-ring (bicyclic) bond motifs is 1. The van der Waals surface area contributed by atoms with E-state index in [2.05, 4.69) is 22.2 Å². The van der Waals surface area contributed by atoms with E-state index in [0.717, 1.165) is 6.42 Å². The summed E-state index contributed by atoms with van der Waals surface area (Å²) in [6, 6.07) is 0.235. The van der Waals surface area contributed by atoms with E-state index in [1.165, 1.54) is 6.33 Å². The molecule has 6 heteroatoms. The third-order valence-corrected chi connectivity index (χ3v) is 3.14. The van der Waals surface area contributed by atoms with Crippen molar-refractivity contribution in [2.45, 2.75) is 40.2 Å². The molecule has 2 aromatic rings. The van der Waals surface area contributed by atoms with Crippen LogP contribution in [0.15, 0.2) is 10.7 Å². The minimum Gasteiger partial charge on any atom is -0.462 e. The van der Waals surface area contributed by atoms with Crippen LogP contribution >= 0.6 is 0 Å². The summed E-state index contributed by atoms with van der Waals surface area (Å²) in [4.78, 5) is 20.4. The van der Waals surface area contributed by atoms with Gasteiger partial charge >= 0.3 is 5.97 Å². The number of carbonyl (C=O) groups is 1. The van der Waals surface area contributed by atoms with Gasteiger partial charge in [0.1, 0.15) is 23.5 Å². The van der Waals surface area contributed by atoms with Gasteiger partial charge in [-0.2, -0.15) is 0 Å². The number of hydrogen-bond acceptors (Lipinski definition) is 6. The predicted molar refractivity (Wildman–Crippen MR) is 75.9 cm³/mol. The minimum atomic E-state index is -0.411. The van der Waals surface area contributed by atoms with Crippen molar-refractivity contribution in [3.05, 3.63) is 17.7 Å². The van der Waals surface area contributed by atoms with E-state index in [1.54, 1.807) is 13.8 Å². The van der Waals surface area contributed by atoms with E-state index < -0.39 is 5.97 Å². The number of aromatic nitrogens is 2. The van der Waals surface area contributed by atoms with Gasteiger partial charge in [-0.15, -0.1) is 0 Å².